The lowest BCUT2D eigenvalue weighted by atomic mass is 10.0. The van der Waals surface area contributed by atoms with Crippen molar-refractivity contribution in [2.45, 2.75) is 13.8 Å². The monoisotopic (exact) mass is 312 g/mol. The molecule has 0 aliphatic carbocycles. The summed E-state index contributed by atoms with van der Waals surface area (Å²) in [6.07, 6.45) is 1.73. The van der Waals surface area contributed by atoms with Gasteiger partial charge in [-0.15, -0.1) is 11.3 Å². The Hall–Kier alpha value is -2.47. The van der Waals surface area contributed by atoms with Crippen LogP contribution < -0.4 is 5.32 Å². The zero-order chi connectivity index (χ0) is 15.7. The number of hydrogen-bond donors (Lipinski definition) is 1. The summed E-state index contributed by atoms with van der Waals surface area (Å²) >= 11 is 1.41. The third-order valence-electron chi connectivity index (χ3n) is 3.34. The lowest BCUT2D eigenvalue weighted by molar-refractivity contribution is 0.102. The summed E-state index contributed by atoms with van der Waals surface area (Å²) in [5, 5.41) is 9.40. The van der Waals surface area contributed by atoms with Crippen LogP contribution in [0, 0.1) is 13.8 Å². The fourth-order valence-electron chi connectivity index (χ4n) is 2.16. The van der Waals surface area contributed by atoms with E-state index in [-0.39, 0.29) is 5.91 Å². The molecule has 1 amide bonds. The molecule has 112 valence electrons. The first-order chi connectivity index (χ1) is 10.5. The molecule has 0 saturated heterocycles. The molecule has 0 atom stereocenters. The number of nitrogens with zero attached hydrogens (tertiary/aromatic N) is 3. The molecule has 0 aliphatic rings. The molecule has 2 aromatic heterocycles. The summed E-state index contributed by atoms with van der Waals surface area (Å²) in [5.74, 6) is -0.248. The number of aryl methyl sites for hydroxylation is 3. The van der Waals surface area contributed by atoms with Crippen LogP contribution in [0.25, 0.3) is 11.3 Å². The van der Waals surface area contributed by atoms with Crippen molar-refractivity contribution in [3.8, 4) is 11.3 Å². The number of benzene rings is 1. The van der Waals surface area contributed by atoms with Crippen molar-refractivity contribution in [1.82, 2.24) is 14.8 Å². The lowest BCUT2D eigenvalue weighted by Crippen LogP contribution is -2.12. The highest BCUT2D eigenvalue weighted by Crippen LogP contribution is 2.28. The number of carbonyl (C=O) groups excluding carboxylic acids is 1. The van der Waals surface area contributed by atoms with E-state index in [1.54, 1.807) is 24.0 Å². The molecular weight excluding hydrogens is 296 g/mol. The molecule has 0 radical (unpaired) electrons. The van der Waals surface area contributed by atoms with Gasteiger partial charge in [-0.25, -0.2) is 4.98 Å². The first kappa shape index (κ1) is 14.5. The molecule has 3 aromatic rings. The van der Waals surface area contributed by atoms with Gasteiger partial charge in [0.15, 0.2) is 10.8 Å². The highest BCUT2D eigenvalue weighted by Gasteiger charge is 2.13. The SMILES string of the molecule is Cc1ccc(C)c(-c2csc(NC(=O)c3ccn(C)n3)n2)c1. The van der Waals surface area contributed by atoms with Gasteiger partial charge < -0.3 is 0 Å². The third kappa shape index (κ3) is 2.92. The van der Waals surface area contributed by atoms with Gasteiger partial charge in [-0.3, -0.25) is 14.8 Å². The van der Waals surface area contributed by atoms with E-state index in [1.165, 1.54) is 22.5 Å². The molecule has 0 fully saturated rings. The van der Waals surface area contributed by atoms with E-state index in [2.05, 4.69) is 47.4 Å². The summed E-state index contributed by atoms with van der Waals surface area (Å²) in [5.41, 5.74) is 4.70. The quantitative estimate of drug-likeness (QED) is 0.806. The molecule has 2 heterocycles. The molecule has 5 nitrogen and oxygen atoms in total. The van der Waals surface area contributed by atoms with Crippen molar-refractivity contribution in [2.75, 3.05) is 5.32 Å². The second-order valence-electron chi connectivity index (χ2n) is 5.19. The minimum atomic E-state index is -0.248. The van der Waals surface area contributed by atoms with Crippen molar-refractivity contribution in [1.29, 1.82) is 0 Å². The Morgan fingerprint density at radius 1 is 1.27 bits per heavy atom. The van der Waals surface area contributed by atoms with E-state index in [0.717, 1.165) is 11.3 Å². The van der Waals surface area contributed by atoms with Crippen LogP contribution in [-0.2, 0) is 7.05 Å². The number of thiazole rings is 1. The van der Waals surface area contributed by atoms with Gasteiger partial charge in [0.1, 0.15) is 0 Å². The highest BCUT2D eigenvalue weighted by atomic mass is 32.1. The third-order valence-corrected chi connectivity index (χ3v) is 4.10. The number of amides is 1. The van der Waals surface area contributed by atoms with Gasteiger partial charge in [-0.1, -0.05) is 17.7 Å². The fourth-order valence-corrected chi connectivity index (χ4v) is 2.87. The first-order valence-corrected chi connectivity index (χ1v) is 7.75. The molecule has 0 spiro atoms. The minimum absolute atomic E-state index is 0.248. The Bertz CT molecular complexity index is 834. The van der Waals surface area contributed by atoms with Gasteiger partial charge in [-0.2, -0.15) is 5.10 Å². The Morgan fingerprint density at radius 3 is 2.82 bits per heavy atom. The van der Waals surface area contributed by atoms with E-state index in [9.17, 15) is 4.79 Å². The molecule has 6 heteroatoms. The maximum atomic E-state index is 12.1. The van der Waals surface area contributed by atoms with Crippen molar-refractivity contribution in [3.63, 3.8) is 0 Å². The normalized spacial score (nSPS) is 10.7. The second kappa shape index (κ2) is 5.73. The largest absolute Gasteiger partial charge is 0.296 e. The topological polar surface area (TPSA) is 59.8 Å². The summed E-state index contributed by atoms with van der Waals surface area (Å²) in [6, 6.07) is 7.94. The van der Waals surface area contributed by atoms with Crippen LogP contribution in [0.5, 0.6) is 0 Å². The van der Waals surface area contributed by atoms with Crippen molar-refractivity contribution < 1.29 is 4.79 Å². The molecule has 3 rings (SSSR count). The number of nitrogens with one attached hydrogen (secondary N) is 1. The van der Waals surface area contributed by atoms with Gasteiger partial charge in [0.25, 0.3) is 5.91 Å². The average molecular weight is 312 g/mol. The van der Waals surface area contributed by atoms with Gasteiger partial charge in [0, 0.05) is 24.2 Å². The predicted molar refractivity (Wildman–Crippen MR) is 88.2 cm³/mol. The highest BCUT2D eigenvalue weighted by molar-refractivity contribution is 7.14. The van der Waals surface area contributed by atoms with Crippen LogP contribution in [0.15, 0.2) is 35.8 Å². The summed E-state index contributed by atoms with van der Waals surface area (Å²) < 4.78 is 1.60. The van der Waals surface area contributed by atoms with Gasteiger partial charge in [0.05, 0.1) is 5.69 Å². The van der Waals surface area contributed by atoms with E-state index in [0.29, 0.717) is 10.8 Å². The minimum Gasteiger partial charge on any atom is -0.296 e. The van der Waals surface area contributed by atoms with Crippen molar-refractivity contribution >= 4 is 22.4 Å². The lowest BCUT2D eigenvalue weighted by Gasteiger charge is -2.03. The molecule has 1 aromatic carbocycles. The predicted octanol–water partition coefficient (Wildman–Crippen LogP) is 3.41. The maximum absolute atomic E-state index is 12.1. The molecule has 0 saturated carbocycles. The first-order valence-electron chi connectivity index (χ1n) is 6.87. The fraction of sp³-hybridized carbons (Fsp3) is 0.188. The number of aromatic nitrogens is 3. The average Bonchev–Trinajstić information content (AvgIpc) is 3.11. The van der Waals surface area contributed by atoms with E-state index >= 15 is 0 Å². The van der Waals surface area contributed by atoms with E-state index in [4.69, 9.17) is 0 Å². The Kier molecular flexibility index (Phi) is 3.77. The van der Waals surface area contributed by atoms with E-state index in [1.807, 2.05) is 5.38 Å². The number of anilines is 1. The summed E-state index contributed by atoms with van der Waals surface area (Å²) in [6.45, 7) is 4.11. The maximum Gasteiger partial charge on any atom is 0.277 e. The van der Waals surface area contributed by atoms with E-state index < -0.39 is 0 Å². The molecule has 0 aliphatic heterocycles. The van der Waals surface area contributed by atoms with Crippen LogP contribution in [0.4, 0.5) is 5.13 Å². The Morgan fingerprint density at radius 2 is 2.09 bits per heavy atom. The molecular formula is C16H16N4OS. The van der Waals surface area contributed by atoms with Gasteiger partial charge in [-0.05, 0) is 31.5 Å². The van der Waals surface area contributed by atoms with Gasteiger partial charge >= 0.3 is 0 Å². The smallest absolute Gasteiger partial charge is 0.277 e. The summed E-state index contributed by atoms with van der Waals surface area (Å²) in [7, 11) is 1.78. The summed E-state index contributed by atoms with van der Waals surface area (Å²) in [4.78, 5) is 16.6. The number of carbonyl (C=O) groups is 1. The number of hydrogen-bond acceptors (Lipinski definition) is 4. The van der Waals surface area contributed by atoms with Crippen LogP contribution >= 0.6 is 11.3 Å². The van der Waals surface area contributed by atoms with Crippen LogP contribution in [0.1, 0.15) is 21.6 Å². The van der Waals surface area contributed by atoms with Crippen molar-refractivity contribution in [2.24, 2.45) is 7.05 Å². The molecule has 22 heavy (non-hydrogen) atoms. The Labute approximate surface area is 132 Å². The molecule has 0 bridgehead atoms. The zero-order valence-electron chi connectivity index (χ0n) is 12.6. The second-order valence-corrected chi connectivity index (χ2v) is 6.04. The molecule has 0 unspecified atom stereocenters. The van der Waals surface area contributed by atoms with Gasteiger partial charge in [0.2, 0.25) is 0 Å². The number of rotatable bonds is 3. The van der Waals surface area contributed by atoms with Crippen molar-refractivity contribution in [3.05, 3.63) is 52.7 Å². The van der Waals surface area contributed by atoms with Crippen LogP contribution in [0.3, 0.4) is 0 Å². The Balaban J connectivity index is 1.82. The molecule has 1 N–H and O–H groups in total. The standard InChI is InChI=1S/C16H16N4OS/c1-10-4-5-11(2)12(8-10)14-9-22-16(17-14)18-15(21)13-6-7-20(3)19-13/h4-9H,1-3H3,(H,17,18,21). The van der Waals surface area contributed by atoms with Crippen LogP contribution in [0.2, 0.25) is 0 Å². The van der Waals surface area contributed by atoms with Crippen LogP contribution in [-0.4, -0.2) is 20.7 Å². The zero-order valence-corrected chi connectivity index (χ0v) is 13.4.